The first-order chi connectivity index (χ1) is 7.15. The molecule has 1 saturated heterocycles. The van der Waals surface area contributed by atoms with Gasteiger partial charge >= 0.3 is 0 Å². The first kappa shape index (κ1) is 10.5. The Balaban J connectivity index is 2.12. The summed E-state index contributed by atoms with van der Waals surface area (Å²) in [5.74, 6) is 1.41. The van der Waals surface area contributed by atoms with Crippen LogP contribution in [0.1, 0.15) is 13.8 Å². The molecule has 1 aliphatic rings. The minimum Gasteiger partial charge on any atom is -0.382 e. The lowest BCUT2D eigenvalue weighted by molar-refractivity contribution is 0.712. The third-order valence-corrected chi connectivity index (χ3v) is 3.64. The van der Waals surface area contributed by atoms with Crippen molar-refractivity contribution >= 4 is 23.4 Å². The van der Waals surface area contributed by atoms with Gasteiger partial charge < -0.3 is 10.6 Å². The zero-order valence-corrected chi connectivity index (χ0v) is 9.87. The number of thioether (sulfide) groups is 1. The Morgan fingerprint density at radius 1 is 1.27 bits per heavy atom. The van der Waals surface area contributed by atoms with E-state index in [1.54, 1.807) is 6.07 Å². The molecular weight excluding hydrogens is 208 g/mol. The second-order valence-electron chi connectivity index (χ2n) is 3.98. The number of nitrogen functional groups attached to an aromatic ring is 1. The number of rotatable bonds is 1. The van der Waals surface area contributed by atoms with Gasteiger partial charge in [-0.3, -0.25) is 0 Å². The van der Waals surface area contributed by atoms with Crippen molar-refractivity contribution in [1.82, 2.24) is 10.2 Å². The van der Waals surface area contributed by atoms with Gasteiger partial charge in [0.15, 0.2) is 5.82 Å². The van der Waals surface area contributed by atoms with Crippen LogP contribution < -0.4 is 10.6 Å². The van der Waals surface area contributed by atoms with E-state index in [0.29, 0.717) is 16.3 Å². The number of nitrogens with zero attached hydrogens (tertiary/aromatic N) is 3. The van der Waals surface area contributed by atoms with Crippen LogP contribution in [-0.2, 0) is 0 Å². The minimum absolute atomic E-state index is 0.478. The summed E-state index contributed by atoms with van der Waals surface area (Å²) in [5.41, 5.74) is 5.51. The summed E-state index contributed by atoms with van der Waals surface area (Å²) in [4.78, 5) is 2.28. The zero-order chi connectivity index (χ0) is 10.8. The fraction of sp³-hybridized carbons (Fsp3) is 0.600. The Morgan fingerprint density at radius 2 is 1.93 bits per heavy atom. The Kier molecular flexibility index (Phi) is 3.00. The van der Waals surface area contributed by atoms with Gasteiger partial charge in [0, 0.05) is 23.6 Å². The number of nitrogens with two attached hydrogens (primary N) is 1. The van der Waals surface area contributed by atoms with Crippen molar-refractivity contribution in [2.24, 2.45) is 0 Å². The molecule has 2 N–H and O–H groups in total. The van der Waals surface area contributed by atoms with Gasteiger partial charge in [-0.05, 0) is 12.1 Å². The molecule has 4 nitrogen and oxygen atoms in total. The smallest absolute Gasteiger partial charge is 0.151 e. The third-order valence-electron chi connectivity index (χ3n) is 2.41. The van der Waals surface area contributed by atoms with Crippen LogP contribution in [-0.4, -0.2) is 33.8 Å². The highest BCUT2D eigenvalue weighted by Gasteiger charge is 2.23. The van der Waals surface area contributed by atoms with Crippen molar-refractivity contribution in [3.8, 4) is 0 Å². The first-order valence-electron chi connectivity index (χ1n) is 5.15. The van der Waals surface area contributed by atoms with Crippen LogP contribution in [0.4, 0.5) is 11.6 Å². The van der Waals surface area contributed by atoms with Crippen molar-refractivity contribution in [2.45, 2.75) is 24.3 Å². The zero-order valence-electron chi connectivity index (χ0n) is 9.05. The summed E-state index contributed by atoms with van der Waals surface area (Å²) in [5, 5.41) is 9.29. The summed E-state index contributed by atoms with van der Waals surface area (Å²) >= 11 is 2.03. The molecule has 1 fully saturated rings. The van der Waals surface area contributed by atoms with E-state index in [9.17, 15) is 0 Å². The van der Waals surface area contributed by atoms with Crippen LogP contribution in [0.25, 0.3) is 0 Å². The average molecular weight is 224 g/mol. The van der Waals surface area contributed by atoms with Crippen molar-refractivity contribution in [3.05, 3.63) is 12.1 Å². The van der Waals surface area contributed by atoms with E-state index in [-0.39, 0.29) is 0 Å². The molecule has 0 aliphatic carbocycles. The molecule has 1 aromatic rings. The third kappa shape index (κ3) is 2.53. The van der Waals surface area contributed by atoms with E-state index in [1.807, 2.05) is 17.8 Å². The Bertz CT molecular complexity index is 317. The molecule has 0 saturated carbocycles. The van der Waals surface area contributed by atoms with Gasteiger partial charge in [0.2, 0.25) is 0 Å². The van der Waals surface area contributed by atoms with E-state index in [2.05, 4.69) is 28.9 Å². The van der Waals surface area contributed by atoms with Gasteiger partial charge in [-0.15, -0.1) is 10.2 Å². The van der Waals surface area contributed by atoms with Crippen molar-refractivity contribution in [1.29, 1.82) is 0 Å². The van der Waals surface area contributed by atoms with Crippen LogP contribution in [0.2, 0.25) is 0 Å². The lowest BCUT2D eigenvalue weighted by Crippen LogP contribution is -2.40. The number of anilines is 2. The van der Waals surface area contributed by atoms with Gasteiger partial charge in [0.05, 0.1) is 0 Å². The van der Waals surface area contributed by atoms with Gasteiger partial charge in [-0.2, -0.15) is 11.8 Å². The van der Waals surface area contributed by atoms with E-state index in [0.717, 1.165) is 18.9 Å². The summed E-state index contributed by atoms with van der Waals surface area (Å²) in [6, 6.07) is 3.75. The number of aromatic nitrogens is 2. The van der Waals surface area contributed by atoms with Gasteiger partial charge in [0.25, 0.3) is 0 Å². The van der Waals surface area contributed by atoms with E-state index < -0.39 is 0 Å². The summed E-state index contributed by atoms with van der Waals surface area (Å²) in [7, 11) is 0. The fourth-order valence-corrected chi connectivity index (χ4v) is 3.19. The average Bonchev–Trinajstić information content (AvgIpc) is 2.17. The molecule has 2 heterocycles. The lowest BCUT2D eigenvalue weighted by atomic mass is 10.3. The maximum atomic E-state index is 5.51. The van der Waals surface area contributed by atoms with Crippen LogP contribution >= 0.6 is 11.8 Å². The summed E-state index contributed by atoms with van der Waals surface area (Å²) in [6.45, 7) is 6.57. The van der Waals surface area contributed by atoms with E-state index >= 15 is 0 Å². The maximum absolute atomic E-state index is 5.51. The highest BCUT2D eigenvalue weighted by Crippen LogP contribution is 2.27. The molecule has 0 bridgehead atoms. The largest absolute Gasteiger partial charge is 0.382 e. The highest BCUT2D eigenvalue weighted by atomic mass is 32.2. The molecule has 0 aromatic carbocycles. The fourth-order valence-electron chi connectivity index (χ4n) is 1.87. The van der Waals surface area contributed by atoms with Crippen molar-refractivity contribution in [3.63, 3.8) is 0 Å². The van der Waals surface area contributed by atoms with Crippen LogP contribution in [0, 0.1) is 0 Å². The van der Waals surface area contributed by atoms with Gasteiger partial charge in [-0.25, -0.2) is 0 Å². The Labute approximate surface area is 94.2 Å². The molecule has 15 heavy (non-hydrogen) atoms. The molecule has 5 heteroatoms. The van der Waals surface area contributed by atoms with E-state index in [4.69, 9.17) is 5.73 Å². The quantitative estimate of drug-likeness (QED) is 0.781. The molecule has 1 aromatic heterocycles. The molecule has 0 radical (unpaired) electrons. The molecule has 2 unspecified atom stereocenters. The predicted octanol–water partition coefficient (Wildman–Crippen LogP) is 1.39. The second kappa shape index (κ2) is 4.26. The van der Waals surface area contributed by atoms with Crippen LogP contribution in [0.3, 0.4) is 0 Å². The van der Waals surface area contributed by atoms with Crippen LogP contribution in [0.5, 0.6) is 0 Å². The highest BCUT2D eigenvalue weighted by molar-refractivity contribution is 8.00. The minimum atomic E-state index is 0.478. The molecular formula is C10H16N4S. The van der Waals surface area contributed by atoms with Gasteiger partial charge in [0.1, 0.15) is 5.82 Å². The van der Waals surface area contributed by atoms with Gasteiger partial charge in [-0.1, -0.05) is 13.8 Å². The monoisotopic (exact) mass is 224 g/mol. The molecule has 0 spiro atoms. The molecule has 2 atom stereocenters. The number of hydrogen-bond acceptors (Lipinski definition) is 5. The molecule has 0 amide bonds. The lowest BCUT2D eigenvalue weighted by Gasteiger charge is -2.35. The molecule has 1 aliphatic heterocycles. The Hall–Kier alpha value is -0.970. The molecule has 2 rings (SSSR count). The Morgan fingerprint density at radius 3 is 2.47 bits per heavy atom. The maximum Gasteiger partial charge on any atom is 0.151 e. The standard InChI is InChI=1S/C10H16N4S/c1-7-5-14(6-8(2)15-7)10-4-3-9(11)12-13-10/h3-4,7-8H,5-6H2,1-2H3,(H2,11,12). The normalized spacial score (nSPS) is 26.7. The van der Waals surface area contributed by atoms with Crippen LogP contribution in [0.15, 0.2) is 12.1 Å². The first-order valence-corrected chi connectivity index (χ1v) is 6.09. The second-order valence-corrected chi connectivity index (χ2v) is 5.86. The van der Waals surface area contributed by atoms with E-state index in [1.165, 1.54) is 0 Å². The predicted molar refractivity (Wildman–Crippen MR) is 65.2 cm³/mol. The van der Waals surface area contributed by atoms with Crippen molar-refractivity contribution < 1.29 is 0 Å². The topological polar surface area (TPSA) is 55.0 Å². The number of hydrogen-bond donors (Lipinski definition) is 1. The molecule has 82 valence electrons. The SMILES string of the molecule is CC1CN(c2ccc(N)nn2)CC(C)S1. The van der Waals surface area contributed by atoms with Crippen molar-refractivity contribution in [2.75, 3.05) is 23.7 Å². The summed E-state index contributed by atoms with van der Waals surface area (Å²) in [6.07, 6.45) is 0. The summed E-state index contributed by atoms with van der Waals surface area (Å²) < 4.78 is 0.